The highest BCUT2D eigenvalue weighted by molar-refractivity contribution is 6.11. The third-order valence-corrected chi connectivity index (χ3v) is 8.31. The fraction of sp³-hybridized carbons (Fsp3) is 0.0500. The van der Waals surface area contributed by atoms with Crippen LogP contribution in [0.25, 0.3) is 67.4 Å². The van der Waals surface area contributed by atoms with Crippen molar-refractivity contribution in [3.05, 3.63) is 155 Å². The Morgan fingerprint density at radius 1 is 0.300 bits per heavy atom. The molecule has 0 aliphatic carbocycles. The summed E-state index contributed by atoms with van der Waals surface area (Å²) in [6.07, 6.45) is 9.02. The van der Waals surface area contributed by atoms with Crippen LogP contribution in [-0.4, -0.2) is 0 Å². The van der Waals surface area contributed by atoms with Gasteiger partial charge in [0.05, 0.1) is 0 Å². The van der Waals surface area contributed by atoms with Crippen molar-refractivity contribution in [3.63, 3.8) is 0 Å². The molecular formula is C40H30. The molecule has 0 radical (unpaired) electrons. The van der Waals surface area contributed by atoms with Gasteiger partial charge in [0.25, 0.3) is 0 Å². The van der Waals surface area contributed by atoms with E-state index in [4.69, 9.17) is 0 Å². The monoisotopic (exact) mass is 510 g/mol. The SMILES string of the molecule is Cc1c2ccccc2c(/C=C/c2ccc(/C=C/c3c4ccccc4c(C)c4ccccc34)cc2)c2ccccc12. The van der Waals surface area contributed by atoms with E-state index in [0.29, 0.717) is 0 Å². The molecule has 40 heavy (non-hydrogen) atoms. The predicted molar refractivity (Wildman–Crippen MR) is 177 cm³/mol. The Labute approximate surface area is 235 Å². The van der Waals surface area contributed by atoms with Gasteiger partial charge in [-0.3, -0.25) is 0 Å². The fourth-order valence-electron chi connectivity index (χ4n) is 6.20. The van der Waals surface area contributed by atoms with Crippen molar-refractivity contribution in [2.45, 2.75) is 13.8 Å². The second-order valence-corrected chi connectivity index (χ2v) is 10.6. The zero-order valence-electron chi connectivity index (χ0n) is 22.9. The van der Waals surface area contributed by atoms with Crippen LogP contribution in [0.3, 0.4) is 0 Å². The van der Waals surface area contributed by atoms with E-state index in [-0.39, 0.29) is 0 Å². The molecule has 0 heterocycles. The standard InChI is InChI=1S/C40H30/c1-27-31-11-3-7-15-35(31)39(36-16-8-4-12-32(27)36)25-23-29-19-21-30(22-20-29)24-26-40-37-17-9-5-13-33(37)28(2)34-14-6-10-18-38(34)40/h3-26H,1-2H3/b25-23+,26-24+. The number of benzene rings is 7. The van der Waals surface area contributed by atoms with Crippen molar-refractivity contribution in [2.24, 2.45) is 0 Å². The smallest absolute Gasteiger partial charge is 0.00990 e. The fourth-order valence-corrected chi connectivity index (χ4v) is 6.20. The predicted octanol–water partition coefficient (Wildman–Crippen LogP) is 11.3. The van der Waals surface area contributed by atoms with E-state index < -0.39 is 0 Å². The van der Waals surface area contributed by atoms with Crippen LogP contribution in [0.15, 0.2) is 121 Å². The van der Waals surface area contributed by atoms with E-state index in [1.165, 1.54) is 76.5 Å². The molecule has 0 unspecified atom stereocenters. The zero-order valence-corrected chi connectivity index (χ0v) is 22.9. The summed E-state index contributed by atoms with van der Waals surface area (Å²) in [5, 5.41) is 10.5. The van der Waals surface area contributed by atoms with Crippen LogP contribution in [0.4, 0.5) is 0 Å². The third kappa shape index (κ3) is 4.10. The van der Waals surface area contributed by atoms with Crippen LogP contribution in [0.1, 0.15) is 33.4 Å². The highest BCUT2D eigenvalue weighted by Crippen LogP contribution is 2.35. The molecule has 0 fully saturated rings. The van der Waals surface area contributed by atoms with E-state index in [0.717, 1.165) is 0 Å². The second-order valence-electron chi connectivity index (χ2n) is 10.6. The lowest BCUT2D eigenvalue weighted by Crippen LogP contribution is -1.88. The molecule has 0 nitrogen and oxygen atoms in total. The van der Waals surface area contributed by atoms with Gasteiger partial charge in [0.1, 0.15) is 0 Å². The van der Waals surface area contributed by atoms with Crippen LogP contribution in [0, 0.1) is 13.8 Å². The van der Waals surface area contributed by atoms with Crippen LogP contribution in [-0.2, 0) is 0 Å². The van der Waals surface area contributed by atoms with Gasteiger partial charge in [-0.15, -0.1) is 0 Å². The van der Waals surface area contributed by atoms with Crippen molar-refractivity contribution < 1.29 is 0 Å². The summed E-state index contributed by atoms with van der Waals surface area (Å²) < 4.78 is 0. The average Bonchev–Trinajstić information content (AvgIpc) is 3.02. The molecular weight excluding hydrogens is 480 g/mol. The Bertz CT molecular complexity index is 1840. The molecule has 0 N–H and O–H groups in total. The Morgan fingerprint density at radius 2 is 0.550 bits per heavy atom. The quantitative estimate of drug-likeness (QED) is 0.163. The van der Waals surface area contributed by atoms with Crippen molar-refractivity contribution >= 4 is 67.4 Å². The lowest BCUT2D eigenvalue weighted by molar-refractivity contribution is 1.57. The van der Waals surface area contributed by atoms with Gasteiger partial charge in [0.2, 0.25) is 0 Å². The number of hydrogen-bond donors (Lipinski definition) is 0. The first-order valence-corrected chi connectivity index (χ1v) is 14.0. The van der Waals surface area contributed by atoms with Gasteiger partial charge < -0.3 is 0 Å². The van der Waals surface area contributed by atoms with E-state index in [1.807, 2.05) is 0 Å². The highest BCUT2D eigenvalue weighted by Gasteiger charge is 2.10. The van der Waals surface area contributed by atoms with Gasteiger partial charge in [-0.1, -0.05) is 146 Å². The first-order valence-electron chi connectivity index (χ1n) is 14.0. The number of aryl methyl sites for hydroxylation is 2. The van der Waals surface area contributed by atoms with Gasteiger partial charge in [-0.2, -0.15) is 0 Å². The molecule has 7 aromatic rings. The second kappa shape index (κ2) is 9.98. The summed E-state index contributed by atoms with van der Waals surface area (Å²) in [7, 11) is 0. The van der Waals surface area contributed by atoms with Crippen LogP contribution in [0.5, 0.6) is 0 Å². The van der Waals surface area contributed by atoms with Crippen LogP contribution in [0.2, 0.25) is 0 Å². The maximum absolute atomic E-state index is 2.28. The normalized spacial score (nSPS) is 12.1. The molecule has 0 spiro atoms. The van der Waals surface area contributed by atoms with Gasteiger partial charge >= 0.3 is 0 Å². The Hall–Kier alpha value is -4.94. The minimum Gasteiger partial charge on any atom is -0.0616 e. The molecule has 7 aromatic carbocycles. The molecule has 0 aliphatic rings. The van der Waals surface area contributed by atoms with Gasteiger partial charge in [0.15, 0.2) is 0 Å². The number of rotatable bonds is 4. The molecule has 0 atom stereocenters. The zero-order chi connectivity index (χ0) is 27.1. The minimum atomic E-state index is 1.19. The Kier molecular flexibility index (Phi) is 6.02. The van der Waals surface area contributed by atoms with E-state index in [1.54, 1.807) is 0 Å². The minimum absolute atomic E-state index is 1.19. The van der Waals surface area contributed by atoms with Crippen LogP contribution >= 0.6 is 0 Å². The van der Waals surface area contributed by atoms with Crippen molar-refractivity contribution in [1.29, 1.82) is 0 Å². The molecule has 0 aliphatic heterocycles. The summed E-state index contributed by atoms with van der Waals surface area (Å²) in [5.41, 5.74) is 7.62. The molecule has 0 aromatic heterocycles. The average molecular weight is 511 g/mol. The van der Waals surface area contributed by atoms with Gasteiger partial charge in [-0.25, -0.2) is 0 Å². The molecule has 7 rings (SSSR count). The van der Waals surface area contributed by atoms with E-state index >= 15 is 0 Å². The van der Waals surface area contributed by atoms with Crippen molar-refractivity contribution in [3.8, 4) is 0 Å². The summed E-state index contributed by atoms with van der Waals surface area (Å²) >= 11 is 0. The largest absolute Gasteiger partial charge is 0.0616 e. The first-order chi connectivity index (χ1) is 19.7. The van der Waals surface area contributed by atoms with Crippen LogP contribution < -0.4 is 0 Å². The summed E-state index contributed by atoms with van der Waals surface area (Å²) in [5.74, 6) is 0. The van der Waals surface area contributed by atoms with Gasteiger partial charge in [-0.05, 0) is 90.3 Å². The summed E-state index contributed by atoms with van der Waals surface area (Å²) in [4.78, 5) is 0. The van der Waals surface area contributed by atoms with Gasteiger partial charge in [0, 0.05) is 0 Å². The third-order valence-electron chi connectivity index (χ3n) is 8.31. The first kappa shape index (κ1) is 24.1. The Balaban J connectivity index is 1.24. The molecule has 0 heteroatoms. The van der Waals surface area contributed by atoms with Crippen molar-refractivity contribution in [1.82, 2.24) is 0 Å². The lowest BCUT2D eigenvalue weighted by Gasteiger charge is -2.12. The molecule has 0 bridgehead atoms. The van der Waals surface area contributed by atoms with Crippen molar-refractivity contribution in [2.75, 3.05) is 0 Å². The summed E-state index contributed by atoms with van der Waals surface area (Å²) in [6, 6.07) is 43.8. The van der Waals surface area contributed by atoms with E-state index in [2.05, 4.69) is 159 Å². The molecule has 0 saturated heterocycles. The van der Waals surface area contributed by atoms with E-state index in [9.17, 15) is 0 Å². The number of hydrogen-bond acceptors (Lipinski definition) is 0. The maximum Gasteiger partial charge on any atom is -0.00990 e. The Morgan fingerprint density at radius 3 is 0.825 bits per heavy atom. The number of fused-ring (bicyclic) bond motifs is 4. The summed E-state index contributed by atoms with van der Waals surface area (Å²) in [6.45, 7) is 4.46. The highest BCUT2D eigenvalue weighted by atomic mass is 14.1. The topological polar surface area (TPSA) is 0 Å². The molecule has 190 valence electrons. The molecule has 0 amide bonds. The lowest BCUT2D eigenvalue weighted by atomic mass is 9.92. The maximum atomic E-state index is 2.28. The molecule has 0 saturated carbocycles.